The van der Waals surface area contributed by atoms with Crippen LogP contribution in [-0.2, 0) is 11.2 Å². The van der Waals surface area contributed by atoms with Crippen LogP contribution in [0.5, 0.6) is 23.0 Å². The molecule has 1 heterocycles. The number of hydrazone groups is 1. The Hall–Kier alpha value is -3.48. The smallest absolute Gasteiger partial charge is 0.239 e. The second-order valence-electron chi connectivity index (χ2n) is 7.18. The highest BCUT2D eigenvalue weighted by molar-refractivity contribution is 6.12. The lowest BCUT2D eigenvalue weighted by Crippen LogP contribution is -2.33. The number of ether oxygens (including phenoxy) is 4. The molecule has 0 spiro atoms. The van der Waals surface area contributed by atoms with Gasteiger partial charge >= 0.3 is 0 Å². The van der Waals surface area contributed by atoms with Gasteiger partial charge < -0.3 is 18.9 Å². The van der Waals surface area contributed by atoms with E-state index in [1.54, 1.807) is 28.4 Å². The Labute approximate surface area is 182 Å². The summed E-state index contributed by atoms with van der Waals surface area (Å²) in [5.41, 5.74) is 3.37. The Kier molecular flexibility index (Phi) is 6.84. The Morgan fingerprint density at radius 3 is 2.29 bits per heavy atom. The minimum absolute atomic E-state index is 0.105. The topological polar surface area (TPSA) is 69.6 Å². The van der Waals surface area contributed by atoms with Crippen molar-refractivity contribution >= 4 is 17.7 Å². The predicted molar refractivity (Wildman–Crippen MR) is 120 cm³/mol. The van der Waals surface area contributed by atoms with Gasteiger partial charge in [-0.1, -0.05) is 12.1 Å². The second kappa shape index (κ2) is 9.55. The summed E-state index contributed by atoms with van der Waals surface area (Å²) >= 11 is 0. The van der Waals surface area contributed by atoms with Crippen LogP contribution in [0.3, 0.4) is 0 Å². The van der Waals surface area contributed by atoms with E-state index in [0.29, 0.717) is 35.1 Å². The lowest BCUT2D eigenvalue weighted by atomic mass is 9.96. The van der Waals surface area contributed by atoms with E-state index in [4.69, 9.17) is 18.9 Å². The molecule has 1 aliphatic rings. The summed E-state index contributed by atoms with van der Waals surface area (Å²) in [6.45, 7) is 3.49. The Balaban J connectivity index is 2.16. The van der Waals surface area contributed by atoms with Crippen LogP contribution in [0.15, 0.2) is 41.5 Å². The van der Waals surface area contributed by atoms with Crippen molar-refractivity contribution in [2.24, 2.45) is 5.10 Å². The van der Waals surface area contributed by atoms with Crippen molar-refractivity contribution in [2.45, 2.75) is 26.3 Å². The highest BCUT2D eigenvalue weighted by Crippen LogP contribution is 2.35. The zero-order valence-corrected chi connectivity index (χ0v) is 18.8. The molecule has 0 radical (unpaired) electrons. The van der Waals surface area contributed by atoms with Gasteiger partial charge in [0.05, 0.1) is 40.2 Å². The molecule has 1 aliphatic heterocycles. The quantitative estimate of drug-likeness (QED) is 0.703. The van der Waals surface area contributed by atoms with E-state index >= 15 is 0 Å². The van der Waals surface area contributed by atoms with Crippen molar-refractivity contribution in [1.82, 2.24) is 5.01 Å². The third-order valence-electron chi connectivity index (χ3n) is 5.21. The van der Waals surface area contributed by atoms with E-state index in [0.717, 1.165) is 16.7 Å². The molecule has 2 aromatic carbocycles. The maximum Gasteiger partial charge on any atom is 0.239 e. The van der Waals surface area contributed by atoms with E-state index < -0.39 is 0 Å². The third kappa shape index (κ3) is 4.50. The van der Waals surface area contributed by atoms with Gasteiger partial charge in [-0.15, -0.1) is 0 Å². The van der Waals surface area contributed by atoms with Gasteiger partial charge in [0.1, 0.15) is 0 Å². The molecule has 0 aromatic heterocycles. The standard InChI is InChI=1S/C24H28N2O5/c1-15-12-18-13-22(29-4)23(30-5)14-19(18)20(25-26(15)16(2)27)11-10-17-8-7-9-21(28-3)24(17)31-6/h7-11,13-15H,12H2,1-6H3/b11-10+. The van der Waals surface area contributed by atoms with Crippen molar-refractivity contribution in [2.75, 3.05) is 28.4 Å². The SMILES string of the molecule is COc1cc2c(cc1OC)C(/C=C/c1cccc(OC)c1OC)=NN(C(C)=O)C(C)C2. The molecule has 7 nitrogen and oxygen atoms in total. The molecule has 31 heavy (non-hydrogen) atoms. The van der Waals surface area contributed by atoms with Gasteiger partial charge in [-0.3, -0.25) is 4.79 Å². The molecule has 0 aliphatic carbocycles. The van der Waals surface area contributed by atoms with Crippen LogP contribution in [0, 0.1) is 0 Å². The number of hydrogen-bond donors (Lipinski definition) is 0. The largest absolute Gasteiger partial charge is 0.493 e. The van der Waals surface area contributed by atoms with Crippen LogP contribution >= 0.6 is 0 Å². The van der Waals surface area contributed by atoms with Crippen molar-refractivity contribution in [3.8, 4) is 23.0 Å². The van der Waals surface area contributed by atoms with Crippen molar-refractivity contribution in [3.05, 3.63) is 53.1 Å². The monoisotopic (exact) mass is 424 g/mol. The van der Waals surface area contributed by atoms with E-state index in [9.17, 15) is 4.79 Å². The first kappa shape index (κ1) is 22.2. The number of allylic oxidation sites excluding steroid dienone is 1. The molecular weight excluding hydrogens is 396 g/mol. The van der Waals surface area contributed by atoms with E-state index in [-0.39, 0.29) is 11.9 Å². The maximum absolute atomic E-state index is 12.3. The predicted octanol–water partition coefficient (Wildman–Crippen LogP) is 3.93. The molecule has 1 amide bonds. The van der Waals surface area contributed by atoms with E-state index in [2.05, 4.69) is 5.10 Å². The summed E-state index contributed by atoms with van der Waals surface area (Å²) in [4.78, 5) is 12.3. The highest BCUT2D eigenvalue weighted by atomic mass is 16.5. The van der Waals surface area contributed by atoms with Gasteiger partial charge in [0.25, 0.3) is 0 Å². The fourth-order valence-corrected chi connectivity index (χ4v) is 3.72. The molecule has 164 valence electrons. The number of nitrogens with zero attached hydrogens (tertiary/aromatic N) is 2. The van der Waals surface area contributed by atoms with E-state index in [1.165, 1.54) is 11.9 Å². The lowest BCUT2D eigenvalue weighted by Gasteiger charge is -2.21. The van der Waals surface area contributed by atoms with Gasteiger partial charge in [0.2, 0.25) is 5.91 Å². The van der Waals surface area contributed by atoms with Crippen LogP contribution in [0.4, 0.5) is 0 Å². The highest BCUT2D eigenvalue weighted by Gasteiger charge is 2.25. The van der Waals surface area contributed by atoms with Gasteiger partial charge in [-0.25, -0.2) is 5.01 Å². The zero-order valence-electron chi connectivity index (χ0n) is 18.8. The summed E-state index contributed by atoms with van der Waals surface area (Å²) in [5.74, 6) is 2.38. The minimum Gasteiger partial charge on any atom is -0.493 e. The number of benzene rings is 2. The molecule has 0 fully saturated rings. The number of para-hydroxylation sites is 1. The molecule has 1 atom stereocenters. The van der Waals surface area contributed by atoms with Gasteiger partial charge in [-0.2, -0.15) is 5.10 Å². The van der Waals surface area contributed by atoms with Gasteiger partial charge in [-0.05, 0) is 49.3 Å². The number of amides is 1. The summed E-state index contributed by atoms with van der Waals surface area (Å²) < 4.78 is 21.9. The molecule has 0 bridgehead atoms. The number of methoxy groups -OCH3 is 4. The first-order valence-corrected chi connectivity index (χ1v) is 9.96. The van der Waals surface area contributed by atoms with E-state index in [1.807, 2.05) is 49.4 Å². The summed E-state index contributed by atoms with van der Waals surface area (Å²) in [7, 11) is 6.40. The van der Waals surface area contributed by atoms with Crippen molar-refractivity contribution in [1.29, 1.82) is 0 Å². The lowest BCUT2D eigenvalue weighted by molar-refractivity contribution is -0.130. The van der Waals surface area contributed by atoms with Crippen LogP contribution in [-0.4, -0.2) is 51.1 Å². The fourth-order valence-electron chi connectivity index (χ4n) is 3.72. The number of carbonyl (C=O) groups excluding carboxylic acids is 1. The summed E-state index contributed by atoms with van der Waals surface area (Å²) in [5, 5.41) is 6.20. The number of rotatable bonds is 6. The zero-order chi connectivity index (χ0) is 22.5. The molecular formula is C24H28N2O5. The average molecular weight is 424 g/mol. The van der Waals surface area contributed by atoms with Gasteiger partial charge in [0.15, 0.2) is 23.0 Å². The minimum atomic E-state index is -0.121. The number of carbonyl (C=O) groups is 1. The summed E-state index contributed by atoms with van der Waals surface area (Å²) in [6, 6.07) is 9.40. The van der Waals surface area contributed by atoms with Crippen LogP contribution in [0.25, 0.3) is 6.08 Å². The molecule has 0 N–H and O–H groups in total. The van der Waals surface area contributed by atoms with Crippen molar-refractivity contribution < 1.29 is 23.7 Å². The average Bonchev–Trinajstić information content (AvgIpc) is 2.91. The van der Waals surface area contributed by atoms with Crippen LogP contribution < -0.4 is 18.9 Å². The Morgan fingerprint density at radius 1 is 1.00 bits per heavy atom. The molecule has 1 unspecified atom stereocenters. The van der Waals surface area contributed by atoms with Crippen LogP contribution in [0.2, 0.25) is 0 Å². The first-order valence-electron chi connectivity index (χ1n) is 9.96. The Bertz CT molecular complexity index is 1030. The first-order chi connectivity index (χ1) is 14.9. The molecule has 0 saturated heterocycles. The van der Waals surface area contributed by atoms with Crippen molar-refractivity contribution in [3.63, 3.8) is 0 Å². The molecule has 7 heteroatoms. The molecule has 2 aromatic rings. The molecule has 0 saturated carbocycles. The second-order valence-corrected chi connectivity index (χ2v) is 7.18. The summed E-state index contributed by atoms with van der Waals surface area (Å²) in [6.07, 6.45) is 4.41. The van der Waals surface area contributed by atoms with Crippen LogP contribution in [0.1, 0.15) is 30.5 Å². The maximum atomic E-state index is 12.3. The fraction of sp³-hybridized carbons (Fsp3) is 0.333. The van der Waals surface area contributed by atoms with Gasteiger partial charge in [0, 0.05) is 18.1 Å². The third-order valence-corrected chi connectivity index (χ3v) is 5.21. The Morgan fingerprint density at radius 2 is 1.68 bits per heavy atom. The normalized spacial score (nSPS) is 15.7. The number of fused-ring (bicyclic) bond motifs is 1. The number of hydrogen-bond acceptors (Lipinski definition) is 6. The molecule has 3 rings (SSSR count).